The van der Waals surface area contributed by atoms with Gasteiger partial charge in [0.05, 0.1) is 17.1 Å². The van der Waals surface area contributed by atoms with Crippen molar-refractivity contribution in [2.24, 2.45) is 0 Å². The van der Waals surface area contributed by atoms with Gasteiger partial charge in [0.15, 0.2) is 0 Å². The van der Waals surface area contributed by atoms with E-state index in [9.17, 15) is 35.6 Å². The SMILES string of the molecule is CCOC(=O)C(C)NC(=O)c1ccc(S(=O)(=O)Nc2ccc(F)c(C(F)(F)F)c2)cc1. The smallest absolute Gasteiger partial charge is 0.419 e. The zero-order valence-electron chi connectivity index (χ0n) is 16.3. The number of halogens is 4. The summed E-state index contributed by atoms with van der Waals surface area (Å²) in [6.07, 6.45) is -5.00. The van der Waals surface area contributed by atoms with E-state index < -0.39 is 51.2 Å². The second kappa shape index (κ2) is 9.33. The molecule has 0 heterocycles. The molecule has 0 aliphatic heterocycles. The maximum atomic E-state index is 13.4. The van der Waals surface area contributed by atoms with Crippen LogP contribution in [0.4, 0.5) is 23.2 Å². The van der Waals surface area contributed by atoms with Crippen LogP contribution >= 0.6 is 0 Å². The molecule has 0 saturated carbocycles. The van der Waals surface area contributed by atoms with E-state index in [1.54, 1.807) is 6.92 Å². The molecule has 0 aromatic heterocycles. The highest BCUT2D eigenvalue weighted by Gasteiger charge is 2.34. The van der Waals surface area contributed by atoms with Crippen molar-refractivity contribution in [2.45, 2.75) is 31.0 Å². The van der Waals surface area contributed by atoms with Gasteiger partial charge in [-0.3, -0.25) is 9.52 Å². The molecular weight excluding hydrogens is 444 g/mol. The lowest BCUT2D eigenvalue weighted by Gasteiger charge is -2.13. The number of benzene rings is 2. The molecule has 31 heavy (non-hydrogen) atoms. The number of ether oxygens (including phenoxy) is 1. The van der Waals surface area contributed by atoms with Gasteiger partial charge in [-0.05, 0) is 56.3 Å². The summed E-state index contributed by atoms with van der Waals surface area (Å²) in [6, 6.07) is 5.19. The molecule has 0 spiro atoms. The monoisotopic (exact) mass is 462 g/mol. The van der Waals surface area contributed by atoms with Crippen LogP contribution < -0.4 is 10.0 Å². The van der Waals surface area contributed by atoms with E-state index in [2.05, 4.69) is 5.32 Å². The van der Waals surface area contributed by atoms with Crippen molar-refractivity contribution in [3.63, 3.8) is 0 Å². The van der Waals surface area contributed by atoms with Crippen molar-refractivity contribution in [1.82, 2.24) is 5.32 Å². The van der Waals surface area contributed by atoms with Crippen LogP contribution in [0.25, 0.3) is 0 Å². The first-order valence-electron chi connectivity index (χ1n) is 8.82. The van der Waals surface area contributed by atoms with Crippen molar-refractivity contribution in [1.29, 1.82) is 0 Å². The molecule has 2 N–H and O–H groups in total. The van der Waals surface area contributed by atoms with Crippen molar-refractivity contribution in [3.05, 3.63) is 59.4 Å². The molecule has 2 aromatic rings. The van der Waals surface area contributed by atoms with E-state index >= 15 is 0 Å². The topological polar surface area (TPSA) is 102 Å². The molecule has 0 radical (unpaired) electrons. The van der Waals surface area contributed by atoms with Crippen molar-refractivity contribution >= 4 is 27.6 Å². The molecule has 12 heteroatoms. The van der Waals surface area contributed by atoms with Crippen LogP contribution in [0.5, 0.6) is 0 Å². The normalized spacial score (nSPS) is 12.7. The molecule has 7 nitrogen and oxygen atoms in total. The first kappa shape index (κ1) is 24.1. The van der Waals surface area contributed by atoms with E-state index in [1.165, 1.54) is 6.92 Å². The third-order valence-electron chi connectivity index (χ3n) is 3.94. The van der Waals surface area contributed by atoms with Gasteiger partial charge in [-0.1, -0.05) is 0 Å². The van der Waals surface area contributed by atoms with E-state index in [-0.39, 0.29) is 17.1 Å². The highest BCUT2D eigenvalue weighted by Crippen LogP contribution is 2.33. The second-order valence-corrected chi connectivity index (χ2v) is 7.95. The molecule has 0 aliphatic carbocycles. The van der Waals surface area contributed by atoms with Gasteiger partial charge in [-0.25, -0.2) is 17.6 Å². The lowest BCUT2D eigenvalue weighted by Crippen LogP contribution is -2.39. The number of hydrogen-bond acceptors (Lipinski definition) is 5. The maximum Gasteiger partial charge on any atom is 0.419 e. The molecule has 0 fully saturated rings. The number of alkyl halides is 3. The number of rotatable bonds is 7. The second-order valence-electron chi connectivity index (χ2n) is 6.27. The highest BCUT2D eigenvalue weighted by atomic mass is 32.2. The molecule has 2 rings (SSSR count). The number of carbonyl (C=O) groups is 2. The Balaban J connectivity index is 2.17. The number of anilines is 1. The maximum absolute atomic E-state index is 13.4. The molecule has 1 atom stereocenters. The summed E-state index contributed by atoms with van der Waals surface area (Å²) in [5.41, 5.74) is -2.06. The summed E-state index contributed by atoms with van der Waals surface area (Å²) in [4.78, 5) is 23.4. The zero-order chi connectivity index (χ0) is 23.4. The van der Waals surface area contributed by atoms with Gasteiger partial charge < -0.3 is 10.1 Å². The number of hydrogen-bond donors (Lipinski definition) is 2. The van der Waals surface area contributed by atoms with Crippen molar-refractivity contribution < 1.29 is 40.3 Å². The highest BCUT2D eigenvalue weighted by molar-refractivity contribution is 7.92. The Kier molecular flexibility index (Phi) is 7.26. The number of sulfonamides is 1. The van der Waals surface area contributed by atoms with E-state index in [0.717, 1.165) is 30.3 Å². The van der Waals surface area contributed by atoms with Crippen molar-refractivity contribution in [3.8, 4) is 0 Å². The zero-order valence-corrected chi connectivity index (χ0v) is 17.1. The standard InChI is InChI=1S/C19H18F4N2O5S/c1-3-30-18(27)11(2)24-17(26)12-4-7-14(8-5-12)31(28,29)25-13-6-9-16(20)15(10-13)19(21,22)23/h4-11,25H,3H2,1-2H3,(H,24,26). The quantitative estimate of drug-likeness (QED) is 0.486. The van der Waals surface area contributed by atoms with Gasteiger partial charge in [-0.2, -0.15) is 13.2 Å². The number of amides is 1. The first-order chi connectivity index (χ1) is 14.3. The predicted octanol–water partition coefficient (Wildman–Crippen LogP) is 3.33. The molecule has 0 saturated heterocycles. The molecule has 168 valence electrons. The van der Waals surface area contributed by atoms with E-state index in [4.69, 9.17) is 4.74 Å². The summed E-state index contributed by atoms with van der Waals surface area (Å²) in [5.74, 6) is -2.84. The molecular formula is C19H18F4N2O5S. The van der Waals surface area contributed by atoms with Crippen LogP contribution in [0, 0.1) is 5.82 Å². The van der Waals surface area contributed by atoms with E-state index in [1.807, 2.05) is 4.72 Å². The molecule has 0 bridgehead atoms. The largest absolute Gasteiger partial charge is 0.464 e. The average molecular weight is 462 g/mol. The third-order valence-corrected chi connectivity index (χ3v) is 5.34. The Morgan fingerprint density at radius 1 is 1.10 bits per heavy atom. The summed E-state index contributed by atoms with van der Waals surface area (Å²) < 4.78 is 83.3. The summed E-state index contributed by atoms with van der Waals surface area (Å²) in [6.45, 7) is 3.16. The Hall–Kier alpha value is -3.15. The van der Waals surface area contributed by atoms with E-state index in [0.29, 0.717) is 12.1 Å². The van der Waals surface area contributed by atoms with Gasteiger partial charge in [0.1, 0.15) is 11.9 Å². The fraction of sp³-hybridized carbons (Fsp3) is 0.263. The Morgan fingerprint density at radius 3 is 2.26 bits per heavy atom. The fourth-order valence-electron chi connectivity index (χ4n) is 2.41. The molecule has 0 aliphatic rings. The van der Waals surface area contributed by atoms with Crippen molar-refractivity contribution in [2.75, 3.05) is 11.3 Å². The number of carbonyl (C=O) groups excluding carboxylic acids is 2. The minimum absolute atomic E-state index is 0.0382. The number of esters is 1. The van der Waals surface area contributed by atoms with Crippen LogP contribution in [-0.2, 0) is 25.7 Å². The number of nitrogens with one attached hydrogen (secondary N) is 2. The van der Waals surface area contributed by atoms with Crippen LogP contribution in [-0.4, -0.2) is 32.9 Å². The summed E-state index contributed by atoms with van der Waals surface area (Å²) in [5, 5.41) is 2.38. The van der Waals surface area contributed by atoms with Gasteiger partial charge in [0.25, 0.3) is 15.9 Å². The Labute approximate surface area is 175 Å². The summed E-state index contributed by atoms with van der Waals surface area (Å²) in [7, 11) is -4.32. The van der Waals surface area contributed by atoms with Gasteiger partial charge in [0.2, 0.25) is 0 Å². The van der Waals surface area contributed by atoms with Gasteiger partial charge >= 0.3 is 12.1 Å². The van der Waals surface area contributed by atoms with Gasteiger partial charge in [0, 0.05) is 11.3 Å². The average Bonchev–Trinajstić information content (AvgIpc) is 2.68. The lowest BCUT2D eigenvalue weighted by atomic mass is 10.2. The first-order valence-corrected chi connectivity index (χ1v) is 10.3. The van der Waals surface area contributed by atoms with Crippen LogP contribution in [0.15, 0.2) is 47.4 Å². The Morgan fingerprint density at radius 2 is 1.71 bits per heavy atom. The fourth-order valence-corrected chi connectivity index (χ4v) is 3.46. The molecule has 1 amide bonds. The van der Waals surface area contributed by atoms with Crippen LogP contribution in [0.2, 0.25) is 0 Å². The van der Waals surface area contributed by atoms with Crippen LogP contribution in [0.3, 0.4) is 0 Å². The third kappa shape index (κ3) is 6.17. The Bertz CT molecular complexity index is 1070. The molecule has 1 unspecified atom stereocenters. The lowest BCUT2D eigenvalue weighted by molar-refractivity contribution is -0.145. The van der Waals surface area contributed by atoms with Gasteiger partial charge in [-0.15, -0.1) is 0 Å². The predicted molar refractivity (Wildman–Crippen MR) is 102 cm³/mol. The summed E-state index contributed by atoms with van der Waals surface area (Å²) >= 11 is 0. The molecule has 2 aromatic carbocycles. The minimum Gasteiger partial charge on any atom is -0.464 e. The minimum atomic E-state index is -5.00. The van der Waals surface area contributed by atoms with Crippen LogP contribution in [0.1, 0.15) is 29.8 Å².